The lowest BCUT2D eigenvalue weighted by molar-refractivity contribution is -0.359. The summed E-state index contributed by atoms with van der Waals surface area (Å²) in [5, 5.41) is 86.5. The van der Waals surface area contributed by atoms with Crippen molar-refractivity contribution in [3.05, 3.63) is 60.8 Å². The first-order valence-corrected chi connectivity index (χ1v) is 24.5. The Balaban J connectivity index is 1.80. The summed E-state index contributed by atoms with van der Waals surface area (Å²) < 4.78 is 22.6. The minimum atomic E-state index is -1.79. The summed E-state index contributed by atoms with van der Waals surface area (Å²) >= 11 is 0. The molecule has 370 valence electrons. The number of rotatable bonds is 36. The van der Waals surface area contributed by atoms with Gasteiger partial charge in [-0.2, -0.15) is 0 Å². The van der Waals surface area contributed by atoms with Crippen LogP contribution in [0.1, 0.15) is 155 Å². The van der Waals surface area contributed by atoms with Crippen molar-refractivity contribution in [3.63, 3.8) is 0 Å². The maximum atomic E-state index is 13.1. The zero-order valence-electron chi connectivity index (χ0n) is 39.0. The van der Waals surface area contributed by atoms with Crippen molar-refractivity contribution in [3.8, 4) is 0 Å². The highest BCUT2D eigenvalue weighted by molar-refractivity contribution is 5.76. The van der Waals surface area contributed by atoms with Crippen LogP contribution in [0.2, 0.25) is 0 Å². The summed E-state index contributed by atoms with van der Waals surface area (Å²) in [6.07, 6.45) is 27.0. The third kappa shape index (κ3) is 23.9. The lowest BCUT2D eigenvalue weighted by atomic mass is 9.97. The highest BCUT2D eigenvalue weighted by atomic mass is 16.7. The van der Waals surface area contributed by atoms with Crippen molar-refractivity contribution >= 4 is 5.91 Å². The van der Waals surface area contributed by atoms with Crippen LogP contribution in [-0.4, -0.2) is 140 Å². The number of hydrogen-bond donors (Lipinski definition) is 9. The van der Waals surface area contributed by atoms with Crippen LogP contribution in [0.3, 0.4) is 0 Å². The highest BCUT2D eigenvalue weighted by Gasteiger charge is 2.51. The molecule has 12 unspecified atom stereocenters. The van der Waals surface area contributed by atoms with Gasteiger partial charge < -0.3 is 65.1 Å². The molecule has 2 aliphatic rings. The van der Waals surface area contributed by atoms with Crippen molar-refractivity contribution in [1.29, 1.82) is 0 Å². The van der Waals surface area contributed by atoms with Gasteiger partial charge in [0.05, 0.1) is 32.0 Å². The predicted molar refractivity (Wildman–Crippen MR) is 249 cm³/mol. The molecular weight excluding hydrogens is 823 g/mol. The minimum absolute atomic E-state index is 0.254. The second-order valence-electron chi connectivity index (χ2n) is 17.2. The second-order valence-corrected chi connectivity index (χ2v) is 17.2. The molecule has 9 N–H and O–H groups in total. The van der Waals surface area contributed by atoms with E-state index in [1.807, 2.05) is 6.08 Å². The molecule has 0 spiro atoms. The molecule has 14 heteroatoms. The molecule has 12 atom stereocenters. The normalized spacial score (nSPS) is 27.8. The molecule has 2 saturated heterocycles. The fourth-order valence-corrected chi connectivity index (χ4v) is 7.69. The summed E-state index contributed by atoms with van der Waals surface area (Å²) in [6.45, 7) is 2.61. The Morgan fingerprint density at radius 1 is 0.578 bits per heavy atom. The molecule has 1 amide bonds. The monoisotopic (exact) mass is 910 g/mol. The molecule has 64 heavy (non-hydrogen) atoms. The second kappa shape index (κ2) is 36.8. The number of hydrogen-bond acceptors (Lipinski definition) is 13. The number of carbonyl (C=O) groups is 1. The van der Waals surface area contributed by atoms with Gasteiger partial charge in [-0.1, -0.05) is 152 Å². The van der Waals surface area contributed by atoms with Gasteiger partial charge in [0.1, 0.15) is 48.8 Å². The molecule has 2 rings (SSSR count). The van der Waals surface area contributed by atoms with Crippen LogP contribution < -0.4 is 5.32 Å². The highest BCUT2D eigenvalue weighted by Crippen LogP contribution is 2.30. The topological polar surface area (TPSA) is 228 Å². The van der Waals surface area contributed by atoms with Crippen molar-refractivity contribution in [2.45, 2.75) is 229 Å². The van der Waals surface area contributed by atoms with Gasteiger partial charge in [-0.25, -0.2) is 0 Å². The van der Waals surface area contributed by atoms with Crippen molar-refractivity contribution in [2.24, 2.45) is 0 Å². The number of aliphatic hydroxyl groups is 8. The number of unbranched alkanes of at least 4 members (excludes halogenated alkanes) is 15. The molecule has 0 aromatic carbocycles. The van der Waals surface area contributed by atoms with E-state index in [1.165, 1.54) is 51.4 Å². The van der Waals surface area contributed by atoms with E-state index in [4.69, 9.17) is 18.9 Å². The summed E-state index contributed by atoms with van der Waals surface area (Å²) in [4.78, 5) is 13.1. The van der Waals surface area contributed by atoms with Gasteiger partial charge in [0.2, 0.25) is 5.91 Å². The van der Waals surface area contributed by atoms with Gasteiger partial charge in [-0.05, 0) is 57.8 Å². The number of aliphatic hydroxyl groups excluding tert-OH is 8. The maximum Gasteiger partial charge on any atom is 0.220 e. The van der Waals surface area contributed by atoms with E-state index in [0.29, 0.717) is 6.42 Å². The SMILES string of the molecule is CC/C=C\C/C=C\C/C=C\C/C=C\CCCCCCCCCCC(=O)NC(COC1OC(CO)C(OC2OC(CO)C(O)C(O)C2O)C(O)C1O)C(O)/C=C/CCCCCCCCC. The number of nitrogens with one attached hydrogen (secondary N) is 1. The van der Waals surface area contributed by atoms with Crippen LogP contribution in [-0.2, 0) is 23.7 Å². The van der Waals surface area contributed by atoms with Crippen LogP contribution in [0.5, 0.6) is 0 Å². The molecule has 0 saturated carbocycles. The third-order valence-corrected chi connectivity index (χ3v) is 11.7. The number of allylic oxidation sites excluding steroid dienone is 9. The predicted octanol–water partition coefficient (Wildman–Crippen LogP) is 5.88. The van der Waals surface area contributed by atoms with Gasteiger partial charge in [-0.3, -0.25) is 4.79 Å². The van der Waals surface area contributed by atoms with Crippen LogP contribution in [0.25, 0.3) is 0 Å². The molecule has 2 fully saturated rings. The molecule has 0 aromatic rings. The lowest BCUT2D eigenvalue weighted by Gasteiger charge is -2.46. The Hall–Kier alpha value is -2.31. The Morgan fingerprint density at radius 2 is 1.08 bits per heavy atom. The van der Waals surface area contributed by atoms with Crippen LogP contribution in [0, 0.1) is 0 Å². The van der Waals surface area contributed by atoms with Crippen molar-refractivity contribution in [1.82, 2.24) is 5.32 Å². The zero-order valence-corrected chi connectivity index (χ0v) is 39.0. The molecule has 0 bridgehead atoms. The molecule has 2 heterocycles. The Kier molecular flexibility index (Phi) is 33.2. The molecule has 0 aromatic heterocycles. The maximum absolute atomic E-state index is 13.1. The average Bonchev–Trinajstić information content (AvgIpc) is 3.29. The van der Waals surface area contributed by atoms with E-state index in [0.717, 1.165) is 77.0 Å². The van der Waals surface area contributed by atoms with E-state index in [2.05, 4.69) is 67.8 Å². The van der Waals surface area contributed by atoms with Gasteiger partial charge in [0.15, 0.2) is 12.6 Å². The number of ether oxygens (including phenoxy) is 4. The summed E-state index contributed by atoms with van der Waals surface area (Å²) in [7, 11) is 0. The van der Waals surface area contributed by atoms with E-state index in [-0.39, 0.29) is 18.9 Å². The van der Waals surface area contributed by atoms with E-state index < -0.39 is 86.8 Å². The molecule has 0 aliphatic carbocycles. The lowest BCUT2D eigenvalue weighted by Crippen LogP contribution is -2.65. The Bertz CT molecular complexity index is 1310. The van der Waals surface area contributed by atoms with Crippen molar-refractivity contribution in [2.75, 3.05) is 19.8 Å². The average molecular weight is 910 g/mol. The first-order valence-electron chi connectivity index (χ1n) is 24.5. The van der Waals surface area contributed by atoms with Crippen LogP contribution in [0.15, 0.2) is 60.8 Å². The van der Waals surface area contributed by atoms with Crippen LogP contribution >= 0.6 is 0 Å². The quantitative estimate of drug-likeness (QED) is 0.0265. The Labute approximate surface area is 384 Å². The smallest absolute Gasteiger partial charge is 0.220 e. The molecule has 2 aliphatic heterocycles. The number of amides is 1. The van der Waals surface area contributed by atoms with Gasteiger partial charge >= 0.3 is 0 Å². The zero-order chi connectivity index (χ0) is 46.8. The number of carbonyl (C=O) groups excluding carboxylic acids is 1. The summed E-state index contributed by atoms with van der Waals surface area (Å²) in [5.74, 6) is -0.254. The van der Waals surface area contributed by atoms with Gasteiger partial charge in [0.25, 0.3) is 0 Å². The van der Waals surface area contributed by atoms with E-state index >= 15 is 0 Å². The first kappa shape index (κ1) is 57.8. The summed E-state index contributed by atoms with van der Waals surface area (Å²) in [6, 6.07) is -0.918. The first-order chi connectivity index (χ1) is 31.1. The molecular formula is C50H87NO13. The van der Waals surface area contributed by atoms with Gasteiger partial charge in [0, 0.05) is 6.42 Å². The van der Waals surface area contributed by atoms with Crippen molar-refractivity contribution < 1.29 is 64.6 Å². The summed E-state index contributed by atoms with van der Waals surface area (Å²) in [5.41, 5.74) is 0. The van der Waals surface area contributed by atoms with Gasteiger partial charge in [-0.15, -0.1) is 0 Å². The van der Waals surface area contributed by atoms with E-state index in [9.17, 15) is 45.6 Å². The standard InChI is InChI=1S/C50H87NO13/c1-3-5-7-9-11-13-14-15-16-17-18-19-20-21-22-23-24-26-28-30-32-34-42(55)51-38(39(54)33-31-29-27-25-12-10-8-6-4-2)37-61-49-47(60)45(58)48(41(36-53)63-49)64-50-46(59)44(57)43(56)40(35-52)62-50/h5,7,11,13,15-16,18-19,31,33,38-41,43-50,52-54,56-60H,3-4,6,8-10,12,14,17,20-30,32,34-37H2,1-2H3,(H,51,55)/b7-5-,13-11-,16-15-,19-18-,33-31+. The largest absolute Gasteiger partial charge is 0.394 e. The van der Waals surface area contributed by atoms with E-state index in [1.54, 1.807) is 6.08 Å². The van der Waals surface area contributed by atoms with Crippen LogP contribution in [0.4, 0.5) is 0 Å². The molecule has 0 radical (unpaired) electrons. The third-order valence-electron chi connectivity index (χ3n) is 11.7. The Morgan fingerprint density at radius 3 is 1.66 bits per heavy atom. The fourth-order valence-electron chi connectivity index (χ4n) is 7.69. The molecule has 14 nitrogen and oxygen atoms in total. The minimum Gasteiger partial charge on any atom is -0.394 e. The fraction of sp³-hybridized carbons (Fsp3) is 0.780.